The van der Waals surface area contributed by atoms with Gasteiger partial charge in [0.05, 0.1) is 11.6 Å². The Balaban J connectivity index is 2.45. The molecule has 0 unspecified atom stereocenters. The number of ether oxygens (including phenoxy) is 1. The van der Waals surface area contributed by atoms with Gasteiger partial charge in [0.15, 0.2) is 6.61 Å². The average Bonchev–Trinajstić information content (AvgIpc) is 2.33. The van der Waals surface area contributed by atoms with Crippen LogP contribution in [0.25, 0.3) is 0 Å². The number of rotatable bonds is 4. The van der Waals surface area contributed by atoms with Gasteiger partial charge in [0, 0.05) is 5.69 Å². The molecule has 0 aliphatic rings. The van der Waals surface area contributed by atoms with E-state index in [1.54, 1.807) is 18.2 Å². The maximum atomic E-state index is 11.5. The van der Waals surface area contributed by atoms with Crippen molar-refractivity contribution in [2.75, 3.05) is 18.9 Å². The largest absolute Gasteiger partial charge is 0.452 e. The summed E-state index contributed by atoms with van der Waals surface area (Å²) in [6.07, 6.45) is 0. The summed E-state index contributed by atoms with van der Waals surface area (Å²) in [6.45, 7) is -0.538. The fourth-order valence-electron chi connectivity index (χ4n) is 1.07. The molecule has 6 heteroatoms. The van der Waals surface area contributed by atoms with Crippen molar-refractivity contribution in [2.45, 2.75) is 0 Å². The molecule has 0 radical (unpaired) electrons. The molecule has 0 fully saturated rings. The monoisotopic (exact) mass is 233 g/mol. The number of carbonyl (C=O) groups excluding carboxylic acids is 2. The summed E-state index contributed by atoms with van der Waals surface area (Å²) in [6, 6.07) is 7.97. The maximum absolute atomic E-state index is 11.5. The molecule has 88 valence electrons. The van der Waals surface area contributed by atoms with E-state index in [-0.39, 0.29) is 12.1 Å². The molecule has 3 N–H and O–H groups in total. The number of amides is 1. The van der Waals surface area contributed by atoms with Crippen LogP contribution in [0.4, 0.5) is 5.69 Å². The van der Waals surface area contributed by atoms with E-state index in [1.165, 1.54) is 12.1 Å². The number of hydrogen-bond acceptors (Lipinski definition) is 5. The zero-order valence-corrected chi connectivity index (χ0v) is 8.97. The molecular weight excluding hydrogens is 222 g/mol. The second kappa shape index (κ2) is 6.12. The Morgan fingerprint density at radius 1 is 1.47 bits per heavy atom. The van der Waals surface area contributed by atoms with E-state index in [1.807, 2.05) is 0 Å². The highest BCUT2D eigenvalue weighted by Crippen LogP contribution is 2.07. The number of nitrogen functional groups attached to an aromatic ring is 1. The molecular formula is C11H11N3O3. The van der Waals surface area contributed by atoms with E-state index in [2.05, 4.69) is 5.32 Å². The second-order valence-electron chi connectivity index (χ2n) is 3.14. The lowest BCUT2D eigenvalue weighted by Crippen LogP contribution is -2.28. The van der Waals surface area contributed by atoms with Gasteiger partial charge in [-0.2, -0.15) is 5.26 Å². The topological polar surface area (TPSA) is 105 Å². The Morgan fingerprint density at radius 3 is 2.88 bits per heavy atom. The highest BCUT2D eigenvalue weighted by atomic mass is 16.5. The Hall–Kier alpha value is -2.55. The van der Waals surface area contributed by atoms with Crippen LogP contribution in [-0.2, 0) is 9.53 Å². The van der Waals surface area contributed by atoms with Crippen LogP contribution in [0, 0.1) is 11.3 Å². The second-order valence-corrected chi connectivity index (χ2v) is 3.14. The number of hydrogen-bond donors (Lipinski definition) is 2. The van der Waals surface area contributed by atoms with Crippen molar-refractivity contribution in [2.24, 2.45) is 0 Å². The standard InChI is InChI=1S/C11H11N3O3/c12-4-5-14-10(15)7-17-11(16)8-2-1-3-9(13)6-8/h1-3,6H,5,7,13H2,(H,14,15). The molecule has 0 saturated heterocycles. The van der Waals surface area contributed by atoms with Crippen molar-refractivity contribution in [1.29, 1.82) is 5.26 Å². The molecule has 1 aromatic carbocycles. The van der Waals surface area contributed by atoms with Gasteiger partial charge >= 0.3 is 5.97 Å². The molecule has 0 aromatic heterocycles. The molecule has 0 aliphatic heterocycles. The van der Waals surface area contributed by atoms with Crippen molar-refractivity contribution >= 4 is 17.6 Å². The van der Waals surface area contributed by atoms with Crippen molar-refractivity contribution < 1.29 is 14.3 Å². The number of nitrogens with one attached hydrogen (secondary N) is 1. The van der Waals surface area contributed by atoms with Crippen LogP contribution in [0.15, 0.2) is 24.3 Å². The van der Waals surface area contributed by atoms with Crippen molar-refractivity contribution in [3.63, 3.8) is 0 Å². The first-order valence-electron chi connectivity index (χ1n) is 4.80. The minimum absolute atomic E-state index is 0.116. The first-order chi connectivity index (χ1) is 8.13. The normalized spacial score (nSPS) is 9.12. The van der Waals surface area contributed by atoms with Crippen LogP contribution < -0.4 is 11.1 Å². The Labute approximate surface area is 98.0 Å². The predicted octanol–water partition coefficient (Wildman–Crippen LogP) is 0.0654. The van der Waals surface area contributed by atoms with E-state index in [4.69, 9.17) is 15.7 Å². The van der Waals surface area contributed by atoms with Crippen LogP contribution in [0.1, 0.15) is 10.4 Å². The highest BCUT2D eigenvalue weighted by molar-refractivity contribution is 5.92. The van der Waals surface area contributed by atoms with Gasteiger partial charge in [-0.3, -0.25) is 4.79 Å². The summed E-state index contributed by atoms with van der Waals surface area (Å²) in [5.41, 5.74) is 6.21. The SMILES string of the molecule is N#CCNC(=O)COC(=O)c1cccc(N)c1. The highest BCUT2D eigenvalue weighted by Gasteiger charge is 2.09. The summed E-state index contributed by atoms with van der Waals surface area (Å²) in [5.74, 6) is -1.16. The quantitative estimate of drug-likeness (QED) is 0.434. The third kappa shape index (κ3) is 4.22. The van der Waals surface area contributed by atoms with Crippen LogP contribution >= 0.6 is 0 Å². The summed E-state index contributed by atoms with van der Waals surface area (Å²) < 4.78 is 4.73. The number of esters is 1. The molecule has 0 spiro atoms. The van der Waals surface area contributed by atoms with Gasteiger partial charge in [-0.15, -0.1) is 0 Å². The number of nitriles is 1. The number of carbonyl (C=O) groups is 2. The van der Waals surface area contributed by atoms with E-state index in [9.17, 15) is 9.59 Å². The van der Waals surface area contributed by atoms with Gasteiger partial charge in [0.1, 0.15) is 6.54 Å². The van der Waals surface area contributed by atoms with Crippen LogP contribution in [0.3, 0.4) is 0 Å². The summed E-state index contributed by atoms with van der Waals surface area (Å²) in [7, 11) is 0. The lowest BCUT2D eigenvalue weighted by atomic mass is 10.2. The summed E-state index contributed by atoms with van der Waals surface area (Å²) in [4.78, 5) is 22.5. The summed E-state index contributed by atoms with van der Waals surface area (Å²) >= 11 is 0. The number of benzene rings is 1. The zero-order chi connectivity index (χ0) is 12.7. The predicted molar refractivity (Wildman–Crippen MR) is 59.8 cm³/mol. The van der Waals surface area contributed by atoms with E-state index in [0.29, 0.717) is 5.69 Å². The third-order valence-corrected chi connectivity index (χ3v) is 1.82. The van der Waals surface area contributed by atoms with Crippen molar-refractivity contribution in [3.05, 3.63) is 29.8 Å². The average molecular weight is 233 g/mol. The van der Waals surface area contributed by atoms with E-state index >= 15 is 0 Å². The van der Waals surface area contributed by atoms with E-state index < -0.39 is 18.5 Å². The molecule has 0 heterocycles. The molecule has 1 amide bonds. The van der Waals surface area contributed by atoms with Gasteiger partial charge in [0.25, 0.3) is 5.91 Å². The van der Waals surface area contributed by atoms with Crippen molar-refractivity contribution in [1.82, 2.24) is 5.32 Å². The molecule has 0 aliphatic carbocycles. The molecule has 17 heavy (non-hydrogen) atoms. The Morgan fingerprint density at radius 2 is 2.24 bits per heavy atom. The first-order valence-corrected chi connectivity index (χ1v) is 4.80. The molecule has 0 saturated carbocycles. The Bertz CT molecular complexity index is 465. The lowest BCUT2D eigenvalue weighted by Gasteiger charge is -2.04. The first kappa shape index (κ1) is 12.5. The molecule has 1 aromatic rings. The van der Waals surface area contributed by atoms with Crippen LogP contribution in [0.5, 0.6) is 0 Å². The lowest BCUT2D eigenvalue weighted by molar-refractivity contribution is -0.123. The molecule has 0 bridgehead atoms. The smallest absolute Gasteiger partial charge is 0.338 e. The van der Waals surface area contributed by atoms with E-state index in [0.717, 1.165) is 0 Å². The minimum Gasteiger partial charge on any atom is -0.452 e. The summed E-state index contributed by atoms with van der Waals surface area (Å²) in [5, 5.41) is 10.5. The van der Waals surface area contributed by atoms with Crippen molar-refractivity contribution in [3.8, 4) is 6.07 Å². The third-order valence-electron chi connectivity index (χ3n) is 1.82. The fraction of sp³-hybridized carbons (Fsp3) is 0.182. The number of nitrogens with zero attached hydrogens (tertiary/aromatic N) is 1. The number of nitrogens with two attached hydrogens (primary N) is 1. The van der Waals surface area contributed by atoms with Gasteiger partial charge in [0.2, 0.25) is 0 Å². The van der Waals surface area contributed by atoms with Crippen LogP contribution in [-0.4, -0.2) is 25.0 Å². The Kier molecular flexibility index (Phi) is 4.51. The maximum Gasteiger partial charge on any atom is 0.338 e. The molecule has 0 atom stereocenters. The fourth-order valence-corrected chi connectivity index (χ4v) is 1.07. The molecule has 1 rings (SSSR count). The molecule has 6 nitrogen and oxygen atoms in total. The zero-order valence-electron chi connectivity index (χ0n) is 8.97. The van der Waals surface area contributed by atoms with Crippen LogP contribution in [0.2, 0.25) is 0 Å². The number of anilines is 1. The minimum atomic E-state index is -0.635. The van der Waals surface area contributed by atoms with Gasteiger partial charge in [-0.1, -0.05) is 6.07 Å². The van der Waals surface area contributed by atoms with Gasteiger partial charge in [-0.25, -0.2) is 4.79 Å². The van der Waals surface area contributed by atoms with Gasteiger partial charge in [-0.05, 0) is 18.2 Å². The van der Waals surface area contributed by atoms with Gasteiger partial charge < -0.3 is 15.8 Å².